The van der Waals surface area contributed by atoms with Gasteiger partial charge in [-0.05, 0) is 68.2 Å². The largest absolute Gasteiger partial charge is 0.353 e. The molecule has 130 valence electrons. The molecule has 2 aliphatic carbocycles. The van der Waals surface area contributed by atoms with E-state index >= 15 is 0 Å². The van der Waals surface area contributed by atoms with Gasteiger partial charge >= 0.3 is 0 Å². The van der Waals surface area contributed by atoms with Gasteiger partial charge in [0, 0.05) is 29.6 Å². The summed E-state index contributed by atoms with van der Waals surface area (Å²) in [6.45, 7) is 2.46. The van der Waals surface area contributed by atoms with E-state index in [0.717, 1.165) is 11.8 Å². The van der Waals surface area contributed by atoms with Gasteiger partial charge in [-0.15, -0.1) is 0 Å². The Labute approximate surface area is 148 Å². The van der Waals surface area contributed by atoms with Crippen molar-refractivity contribution in [2.24, 2.45) is 17.8 Å². The Hall–Kier alpha value is -1.55. The molecule has 1 aromatic carbocycles. The van der Waals surface area contributed by atoms with Crippen LogP contribution in [0.5, 0.6) is 0 Å². The molecule has 0 heterocycles. The van der Waals surface area contributed by atoms with E-state index in [0.29, 0.717) is 29.5 Å². The molecule has 0 aromatic heterocycles. The van der Waals surface area contributed by atoms with E-state index < -0.39 is 0 Å². The minimum Gasteiger partial charge on any atom is -0.353 e. The number of nitrogens with one attached hydrogen (secondary N) is 2. The lowest BCUT2D eigenvalue weighted by Crippen LogP contribution is -2.41. The Kier molecular flexibility index (Phi) is 5.44. The van der Waals surface area contributed by atoms with Crippen molar-refractivity contribution in [2.45, 2.75) is 45.1 Å². The van der Waals surface area contributed by atoms with E-state index in [9.17, 15) is 9.59 Å². The first kappa shape index (κ1) is 17.3. The van der Waals surface area contributed by atoms with Crippen molar-refractivity contribution in [3.8, 4) is 0 Å². The molecule has 0 aliphatic heterocycles. The monoisotopic (exact) mass is 348 g/mol. The van der Waals surface area contributed by atoms with Crippen LogP contribution in [0.25, 0.3) is 0 Å². The van der Waals surface area contributed by atoms with Crippen LogP contribution >= 0.6 is 11.6 Å². The van der Waals surface area contributed by atoms with Crippen molar-refractivity contribution >= 4 is 23.4 Å². The number of halogens is 1. The molecule has 3 rings (SSSR count). The average Bonchev–Trinajstić information content (AvgIpc) is 3.18. The zero-order valence-corrected chi connectivity index (χ0v) is 14.8. The molecule has 4 atom stereocenters. The van der Waals surface area contributed by atoms with Crippen molar-refractivity contribution in [3.63, 3.8) is 0 Å². The van der Waals surface area contributed by atoms with E-state index in [-0.39, 0.29) is 17.9 Å². The molecule has 0 radical (unpaired) electrons. The van der Waals surface area contributed by atoms with Crippen molar-refractivity contribution < 1.29 is 9.59 Å². The summed E-state index contributed by atoms with van der Waals surface area (Å²) in [5.74, 6) is 2.16. The van der Waals surface area contributed by atoms with Crippen LogP contribution in [-0.4, -0.2) is 24.4 Å². The average molecular weight is 349 g/mol. The van der Waals surface area contributed by atoms with Gasteiger partial charge in [-0.2, -0.15) is 0 Å². The Bertz CT molecular complexity index is 602. The summed E-state index contributed by atoms with van der Waals surface area (Å²) in [6.07, 6.45) is 5.62. The molecule has 2 saturated carbocycles. The second-order valence-corrected chi connectivity index (χ2v) is 7.64. The van der Waals surface area contributed by atoms with Gasteiger partial charge in [-0.25, -0.2) is 0 Å². The Morgan fingerprint density at radius 2 is 1.96 bits per heavy atom. The van der Waals surface area contributed by atoms with Crippen molar-refractivity contribution in [1.29, 1.82) is 0 Å². The molecule has 0 spiro atoms. The Morgan fingerprint density at radius 3 is 2.58 bits per heavy atom. The van der Waals surface area contributed by atoms with Crippen LogP contribution in [0.15, 0.2) is 24.3 Å². The third kappa shape index (κ3) is 4.10. The number of carbonyl (C=O) groups is 2. The fourth-order valence-electron chi connectivity index (χ4n) is 4.33. The maximum absolute atomic E-state index is 12.1. The number of carbonyl (C=O) groups excluding carboxylic acids is 2. The highest BCUT2D eigenvalue weighted by Gasteiger charge is 2.42. The SMILES string of the molecule is C[C@H](NC(=O)CCNC(=O)c1ccc(Cl)cc1)[C@H]1C[C@H]2CC[C@H]1C2. The van der Waals surface area contributed by atoms with Crippen molar-refractivity contribution in [2.75, 3.05) is 6.54 Å². The number of rotatable bonds is 6. The molecule has 24 heavy (non-hydrogen) atoms. The van der Waals surface area contributed by atoms with E-state index in [2.05, 4.69) is 17.6 Å². The lowest BCUT2D eigenvalue weighted by molar-refractivity contribution is -0.122. The molecule has 4 nitrogen and oxygen atoms in total. The van der Waals surface area contributed by atoms with E-state index in [1.165, 1.54) is 25.7 Å². The minimum atomic E-state index is -0.180. The van der Waals surface area contributed by atoms with Crippen LogP contribution in [0.4, 0.5) is 0 Å². The summed E-state index contributed by atoms with van der Waals surface area (Å²) in [7, 11) is 0. The molecule has 5 heteroatoms. The molecular weight excluding hydrogens is 324 g/mol. The molecule has 2 amide bonds. The highest BCUT2D eigenvalue weighted by molar-refractivity contribution is 6.30. The molecule has 1 aromatic rings. The lowest BCUT2D eigenvalue weighted by atomic mass is 9.84. The highest BCUT2D eigenvalue weighted by Crippen LogP contribution is 2.49. The number of fused-ring (bicyclic) bond motifs is 2. The molecular formula is C19H25ClN2O2. The zero-order chi connectivity index (χ0) is 17.1. The second-order valence-electron chi connectivity index (χ2n) is 7.21. The van der Waals surface area contributed by atoms with Crippen LogP contribution < -0.4 is 10.6 Å². The van der Waals surface area contributed by atoms with Crippen LogP contribution in [0.3, 0.4) is 0 Å². The standard InChI is InChI=1S/C19H25ClN2O2/c1-12(17-11-13-2-3-15(17)10-13)22-18(23)8-9-21-19(24)14-4-6-16(20)7-5-14/h4-7,12-13,15,17H,2-3,8-11H2,1H3,(H,21,24)(H,22,23)/t12-,13-,15-,17+/m0/s1. The lowest BCUT2D eigenvalue weighted by Gasteiger charge is -2.28. The van der Waals surface area contributed by atoms with Gasteiger partial charge in [0.1, 0.15) is 0 Å². The van der Waals surface area contributed by atoms with Crippen LogP contribution in [0.1, 0.15) is 49.4 Å². The molecule has 2 bridgehead atoms. The summed E-state index contributed by atoms with van der Waals surface area (Å²) in [4.78, 5) is 24.1. The number of hydrogen-bond donors (Lipinski definition) is 2. The van der Waals surface area contributed by atoms with Crippen LogP contribution in [0, 0.1) is 17.8 Å². The first-order valence-electron chi connectivity index (χ1n) is 8.86. The number of hydrogen-bond acceptors (Lipinski definition) is 2. The summed E-state index contributed by atoms with van der Waals surface area (Å²) in [5.41, 5.74) is 0.551. The fourth-order valence-corrected chi connectivity index (χ4v) is 4.46. The highest BCUT2D eigenvalue weighted by atomic mass is 35.5. The van der Waals surface area contributed by atoms with Gasteiger partial charge in [0.25, 0.3) is 5.91 Å². The van der Waals surface area contributed by atoms with Gasteiger partial charge < -0.3 is 10.6 Å². The Balaban J connectivity index is 1.38. The smallest absolute Gasteiger partial charge is 0.251 e. The fraction of sp³-hybridized carbons (Fsp3) is 0.579. The quantitative estimate of drug-likeness (QED) is 0.827. The maximum atomic E-state index is 12.1. The molecule has 0 saturated heterocycles. The molecule has 2 fully saturated rings. The van der Waals surface area contributed by atoms with Crippen molar-refractivity contribution in [3.05, 3.63) is 34.9 Å². The third-order valence-corrected chi connectivity index (χ3v) is 5.82. The third-order valence-electron chi connectivity index (χ3n) is 5.57. The normalized spacial score (nSPS) is 26.2. The molecule has 0 unspecified atom stereocenters. The van der Waals surface area contributed by atoms with Crippen LogP contribution in [-0.2, 0) is 4.79 Å². The topological polar surface area (TPSA) is 58.2 Å². The zero-order valence-electron chi connectivity index (χ0n) is 14.1. The second kappa shape index (κ2) is 7.56. The summed E-state index contributed by atoms with van der Waals surface area (Å²) >= 11 is 5.80. The minimum absolute atomic E-state index is 0.0154. The first-order chi connectivity index (χ1) is 11.5. The number of benzene rings is 1. The Morgan fingerprint density at radius 1 is 1.21 bits per heavy atom. The van der Waals surface area contributed by atoms with E-state index in [1.54, 1.807) is 24.3 Å². The predicted octanol–water partition coefficient (Wildman–Crippen LogP) is 3.40. The predicted molar refractivity (Wildman–Crippen MR) is 94.9 cm³/mol. The summed E-state index contributed by atoms with van der Waals surface area (Å²) in [6, 6.07) is 6.95. The molecule has 2 aliphatic rings. The van der Waals surface area contributed by atoms with Gasteiger partial charge in [-0.3, -0.25) is 9.59 Å². The van der Waals surface area contributed by atoms with E-state index in [4.69, 9.17) is 11.6 Å². The van der Waals surface area contributed by atoms with Gasteiger partial charge in [-0.1, -0.05) is 18.0 Å². The number of amides is 2. The van der Waals surface area contributed by atoms with Gasteiger partial charge in [0.05, 0.1) is 0 Å². The summed E-state index contributed by atoms with van der Waals surface area (Å²) < 4.78 is 0. The van der Waals surface area contributed by atoms with E-state index in [1.807, 2.05) is 0 Å². The van der Waals surface area contributed by atoms with Gasteiger partial charge in [0.15, 0.2) is 0 Å². The van der Waals surface area contributed by atoms with Crippen molar-refractivity contribution in [1.82, 2.24) is 10.6 Å². The molecule has 2 N–H and O–H groups in total. The van der Waals surface area contributed by atoms with Gasteiger partial charge in [0.2, 0.25) is 5.91 Å². The van der Waals surface area contributed by atoms with Crippen LogP contribution in [0.2, 0.25) is 5.02 Å². The summed E-state index contributed by atoms with van der Waals surface area (Å²) in [5, 5.41) is 6.49. The first-order valence-corrected chi connectivity index (χ1v) is 9.24. The maximum Gasteiger partial charge on any atom is 0.251 e.